The Hall–Kier alpha value is -0.530. The van der Waals surface area contributed by atoms with Gasteiger partial charge in [-0.1, -0.05) is 11.8 Å². The maximum Gasteiger partial charge on any atom is 0.0557 e. The van der Waals surface area contributed by atoms with Gasteiger partial charge in [0.2, 0.25) is 0 Å². The minimum atomic E-state index is 0.953. The van der Waals surface area contributed by atoms with Gasteiger partial charge in [0.15, 0.2) is 0 Å². The van der Waals surface area contributed by atoms with Crippen molar-refractivity contribution >= 4 is 11.8 Å². The molecule has 0 saturated carbocycles. The fourth-order valence-corrected chi connectivity index (χ4v) is 1.37. The highest BCUT2D eigenvalue weighted by Gasteiger charge is 1.85. The Kier molecular flexibility index (Phi) is 4.83. The van der Waals surface area contributed by atoms with Gasteiger partial charge >= 0.3 is 0 Å². The third kappa shape index (κ3) is 4.82. The van der Waals surface area contributed by atoms with Crippen LogP contribution >= 0.6 is 11.8 Å². The molecule has 0 aromatic carbocycles. The lowest BCUT2D eigenvalue weighted by atomic mass is 10.2. The summed E-state index contributed by atoms with van der Waals surface area (Å²) < 4.78 is 0. The standard InChI is InChI=1S/C10H12S/c1-2-4-6-8-10-11-9-7-5-3-1/h1-4,9-10H2. The topological polar surface area (TPSA) is 0 Å². The summed E-state index contributed by atoms with van der Waals surface area (Å²) in [5.74, 6) is 14.5. The molecule has 1 aliphatic rings. The van der Waals surface area contributed by atoms with Crippen LogP contribution in [0.15, 0.2) is 0 Å². The molecule has 0 radical (unpaired) electrons. The van der Waals surface area contributed by atoms with E-state index >= 15 is 0 Å². The predicted octanol–water partition coefficient (Wildman–Crippen LogP) is 2.30. The number of hydrogen-bond donors (Lipinski definition) is 0. The van der Waals surface area contributed by atoms with Crippen molar-refractivity contribution in [2.45, 2.75) is 25.7 Å². The van der Waals surface area contributed by atoms with Crippen LogP contribution in [0.5, 0.6) is 0 Å². The largest absolute Gasteiger partial charge is 0.136 e. The minimum absolute atomic E-state index is 0.953. The van der Waals surface area contributed by atoms with Crippen LogP contribution < -0.4 is 0 Å². The summed E-state index contributed by atoms with van der Waals surface area (Å²) in [5.41, 5.74) is 0. The molecule has 1 heterocycles. The molecule has 0 saturated heterocycles. The zero-order valence-corrected chi connectivity index (χ0v) is 7.47. The van der Waals surface area contributed by atoms with E-state index in [0.29, 0.717) is 0 Å². The second-order valence-electron chi connectivity index (χ2n) is 2.41. The average molecular weight is 164 g/mol. The molecule has 0 aliphatic carbocycles. The van der Waals surface area contributed by atoms with Crippen molar-refractivity contribution in [2.24, 2.45) is 0 Å². The first kappa shape index (κ1) is 8.57. The lowest BCUT2D eigenvalue weighted by Gasteiger charge is -1.87. The van der Waals surface area contributed by atoms with Crippen molar-refractivity contribution in [1.29, 1.82) is 0 Å². The number of hydrogen-bond acceptors (Lipinski definition) is 1. The van der Waals surface area contributed by atoms with Crippen LogP contribution in [0.3, 0.4) is 0 Å². The first-order valence-electron chi connectivity index (χ1n) is 3.99. The van der Waals surface area contributed by atoms with Gasteiger partial charge in [0.25, 0.3) is 0 Å². The number of rotatable bonds is 0. The van der Waals surface area contributed by atoms with Crippen LogP contribution in [0.25, 0.3) is 0 Å². The molecule has 58 valence electrons. The van der Waals surface area contributed by atoms with Gasteiger partial charge < -0.3 is 0 Å². The summed E-state index contributed by atoms with van der Waals surface area (Å²) in [5, 5.41) is 0. The molecular formula is C10H12S. The molecule has 0 atom stereocenters. The molecule has 1 rings (SSSR count). The third-order valence-corrected chi connectivity index (χ3v) is 2.15. The molecule has 0 unspecified atom stereocenters. The van der Waals surface area contributed by atoms with Crippen molar-refractivity contribution in [1.82, 2.24) is 0 Å². The highest BCUT2D eigenvalue weighted by atomic mass is 32.2. The zero-order valence-electron chi connectivity index (χ0n) is 6.65. The molecule has 0 spiro atoms. The van der Waals surface area contributed by atoms with Crippen LogP contribution in [-0.4, -0.2) is 11.5 Å². The Balaban J connectivity index is 2.30. The van der Waals surface area contributed by atoms with E-state index in [0.717, 1.165) is 24.3 Å². The molecule has 1 aliphatic heterocycles. The average Bonchev–Trinajstić information content (AvgIpc) is 2.08. The van der Waals surface area contributed by atoms with Crippen molar-refractivity contribution in [3.63, 3.8) is 0 Å². The van der Waals surface area contributed by atoms with Crippen LogP contribution in [0.1, 0.15) is 25.7 Å². The Labute approximate surface area is 73.1 Å². The lowest BCUT2D eigenvalue weighted by molar-refractivity contribution is 0.782. The highest BCUT2D eigenvalue weighted by Crippen LogP contribution is 2.01. The van der Waals surface area contributed by atoms with Crippen molar-refractivity contribution in [3.05, 3.63) is 0 Å². The first-order valence-corrected chi connectivity index (χ1v) is 5.15. The molecular weight excluding hydrogens is 152 g/mol. The molecule has 0 aromatic rings. The summed E-state index contributed by atoms with van der Waals surface area (Å²) in [6, 6.07) is 0. The summed E-state index contributed by atoms with van der Waals surface area (Å²) in [6.07, 6.45) is 4.54. The highest BCUT2D eigenvalue weighted by molar-refractivity contribution is 7.99. The van der Waals surface area contributed by atoms with Gasteiger partial charge in [-0.15, -0.1) is 23.6 Å². The molecule has 0 amide bonds. The predicted molar refractivity (Wildman–Crippen MR) is 51.3 cm³/mol. The Bertz CT molecular complexity index is 184. The van der Waals surface area contributed by atoms with E-state index in [1.807, 2.05) is 11.8 Å². The molecule has 11 heavy (non-hydrogen) atoms. The molecule has 0 bridgehead atoms. The van der Waals surface area contributed by atoms with Crippen LogP contribution in [0.4, 0.5) is 0 Å². The SMILES string of the molecule is C1#CCSCC#CCCCC1. The summed E-state index contributed by atoms with van der Waals surface area (Å²) in [7, 11) is 0. The summed E-state index contributed by atoms with van der Waals surface area (Å²) >= 11 is 1.81. The normalized spacial score (nSPS) is 18.2. The third-order valence-electron chi connectivity index (χ3n) is 1.45. The van der Waals surface area contributed by atoms with Crippen LogP contribution in [-0.2, 0) is 0 Å². The Morgan fingerprint density at radius 1 is 0.727 bits per heavy atom. The van der Waals surface area contributed by atoms with E-state index < -0.39 is 0 Å². The quantitative estimate of drug-likeness (QED) is 0.495. The van der Waals surface area contributed by atoms with Gasteiger partial charge in [-0.05, 0) is 12.8 Å². The van der Waals surface area contributed by atoms with E-state index in [1.54, 1.807) is 0 Å². The van der Waals surface area contributed by atoms with Gasteiger partial charge in [0.05, 0.1) is 11.5 Å². The van der Waals surface area contributed by atoms with E-state index in [2.05, 4.69) is 23.7 Å². The van der Waals surface area contributed by atoms with E-state index in [1.165, 1.54) is 12.8 Å². The molecule has 0 N–H and O–H groups in total. The smallest absolute Gasteiger partial charge is 0.0557 e. The van der Waals surface area contributed by atoms with Gasteiger partial charge in [0, 0.05) is 12.8 Å². The Morgan fingerprint density at radius 3 is 1.82 bits per heavy atom. The van der Waals surface area contributed by atoms with Crippen molar-refractivity contribution in [3.8, 4) is 23.7 Å². The fourth-order valence-electron chi connectivity index (χ4n) is 0.859. The van der Waals surface area contributed by atoms with Gasteiger partial charge in [-0.25, -0.2) is 0 Å². The van der Waals surface area contributed by atoms with Crippen molar-refractivity contribution < 1.29 is 0 Å². The second kappa shape index (κ2) is 6.20. The molecule has 0 fully saturated rings. The summed E-state index contributed by atoms with van der Waals surface area (Å²) in [6.45, 7) is 0. The van der Waals surface area contributed by atoms with Crippen LogP contribution in [0.2, 0.25) is 0 Å². The zero-order chi connectivity index (χ0) is 7.78. The minimum Gasteiger partial charge on any atom is -0.136 e. The molecule has 0 nitrogen and oxygen atoms in total. The molecule has 1 heteroatoms. The maximum absolute atomic E-state index is 3.16. The van der Waals surface area contributed by atoms with E-state index in [-0.39, 0.29) is 0 Å². The van der Waals surface area contributed by atoms with Crippen LogP contribution in [0, 0.1) is 23.7 Å². The summed E-state index contributed by atoms with van der Waals surface area (Å²) in [4.78, 5) is 0. The van der Waals surface area contributed by atoms with Gasteiger partial charge in [-0.3, -0.25) is 0 Å². The molecule has 0 aromatic heterocycles. The maximum atomic E-state index is 3.16. The van der Waals surface area contributed by atoms with Gasteiger partial charge in [-0.2, -0.15) is 0 Å². The second-order valence-corrected chi connectivity index (χ2v) is 3.39. The Morgan fingerprint density at radius 2 is 1.27 bits per heavy atom. The van der Waals surface area contributed by atoms with Gasteiger partial charge in [0.1, 0.15) is 0 Å². The number of thioether (sulfide) groups is 1. The monoisotopic (exact) mass is 164 g/mol. The first-order chi connectivity index (χ1) is 5.50. The van der Waals surface area contributed by atoms with E-state index in [9.17, 15) is 0 Å². The fraction of sp³-hybridized carbons (Fsp3) is 0.600. The van der Waals surface area contributed by atoms with Crippen molar-refractivity contribution in [2.75, 3.05) is 11.5 Å². The lowest BCUT2D eigenvalue weighted by Crippen LogP contribution is -1.74. The van der Waals surface area contributed by atoms with E-state index in [4.69, 9.17) is 0 Å².